The van der Waals surface area contributed by atoms with Crippen LogP contribution in [-0.4, -0.2) is 46.1 Å². The van der Waals surface area contributed by atoms with Crippen LogP contribution >= 0.6 is 0 Å². The number of amides is 2. The van der Waals surface area contributed by atoms with Gasteiger partial charge in [0.2, 0.25) is 0 Å². The van der Waals surface area contributed by atoms with Gasteiger partial charge in [0.05, 0.1) is 5.39 Å². The van der Waals surface area contributed by atoms with Crippen molar-refractivity contribution in [3.63, 3.8) is 0 Å². The number of nitrogens with zero attached hydrogens (tertiary/aromatic N) is 4. The van der Waals surface area contributed by atoms with Gasteiger partial charge in [-0.1, -0.05) is 42.5 Å². The molecular formula is C27H30N6O2. The molecule has 0 radical (unpaired) electrons. The fraction of sp³-hybridized carbons (Fsp3) is 0.296. The predicted octanol–water partition coefficient (Wildman–Crippen LogP) is 4.48. The maximum absolute atomic E-state index is 11.8. The fourth-order valence-corrected chi connectivity index (χ4v) is 4.58. The van der Waals surface area contributed by atoms with Crippen molar-refractivity contribution in [2.24, 2.45) is 5.92 Å². The first kappa shape index (κ1) is 22.7. The molecule has 2 aromatic carbocycles. The molecule has 1 aliphatic rings. The zero-order chi connectivity index (χ0) is 24.4. The Bertz CT molecular complexity index is 1330. The van der Waals surface area contributed by atoms with E-state index in [4.69, 9.17) is 10.5 Å². The maximum Gasteiger partial charge on any atom is 0.316 e. The Kier molecular flexibility index (Phi) is 6.27. The lowest BCUT2D eigenvalue weighted by atomic mass is 9.80. The zero-order valence-electron chi connectivity index (χ0n) is 20.0. The van der Waals surface area contributed by atoms with Gasteiger partial charge >= 0.3 is 6.03 Å². The molecular weight excluding hydrogens is 440 g/mol. The van der Waals surface area contributed by atoms with Gasteiger partial charge in [0.25, 0.3) is 0 Å². The monoisotopic (exact) mass is 470 g/mol. The third-order valence-corrected chi connectivity index (χ3v) is 6.58. The molecule has 2 aromatic heterocycles. The predicted molar refractivity (Wildman–Crippen MR) is 137 cm³/mol. The Morgan fingerprint density at radius 2 is 1.94 bits per heavy atom. The summed E-state index contributed by atoms with van der Waals surface area (Å²) in [6, 6.07) is 18.4. The van der Waals surface area contributed by atoms with E-state index in [9.17, 15) is 4.79 Å². The number of ether oxygens (including phenoxy) is 1. The Balaban J connectivity index is 1.37. The largest absolute Gasteiger partial charge is 0.489 e. The van der Waals surface area contributed by atoms with Gasteiger partial charge in [-0.2, -0.15) is 0 Å². The number of carbonyl (C=O) groups excluding carboxylic acids is 1. The van der Waals surface area contributed by atoms with Crippen LogP contribution in [-0.2, 0) is 6.61 Å². The molecule has 8 nitrogen and oxygen atoms in total. The molecule has 8 heteroatoms. The molecule has 0 atom stereocenters. The molecule has 5 rings (SSSR count). The summed E-state index contributed by atoms with van der Waals surface area (Å²) < 4.78 is 8.27. The average Bonchev–Trinajstić information content (AvgIpc) is 3.23. The summed E-state index contributed by atoms with van der Waals surface area (Å²) in [6.07, 6.45) is 5.60. The van der Waals surface area contributed by atoms with Crippen molar-refractivity contribution in [3.8, 4) is 16.9 Å². The van der Waals surface area contributed by atoms with Crippen molar-refractivity contribution in [3.05, 3.63) is 72.7 Å². The smallest absolute Gasteiger partial charge is 0.316 e. The second kappa shape index (κ2) is 9.66. The third-order valence-electron chi connectivity index (χ3n) is 6.58. The van der Waals surface area contributed by atoms with Crippen molar-refractivity contribution < 1.29 is 9.53 Å². The number of benzene rings is 2. The van der Waals surface area contributed by atoms with Gasteiger partial charge in [0.1, 0.15) is 30.1 Å². The highest BCUT2D eigenvalue weighted by Gasteiger charge is 2.32. The number of anilines is 1. The molecule has 4 aromatic rings. The van der Waals surface area contributed by atoms with Crippen molar-refractivity contribution in [1.82, 2.24) is 24.8 Å². The summed E-state index contributed by atoms with van der Waals surface area (Å²) >= 11 is 0. The number of fused-ring (bicyclic) bond motifs is 1. The van der Waals surface area contributed by atoms with E-state index in [1.807, 2.05) is 48.5 Å². The molecule has 180 valence electrons. The lowest BCUT2D eigenvalue weighted by Crippen LogP contribution is -2.41. The number of hydrogen-bond acceptors (Lipinski definition) is 5. The van der Waals surface area contributed by atoms with Gasteiger partial charge in [-0.05, 0) is 42.0 Å². The molecule has 3 N–H and O–H groups in total. The van der Waals surface area contributed by atoms with Crippen LogP contribution in [0.25, 0.3) is 22.2 Å². The van der Waals surface area contributed by atoms with Crippen molar-refractivity contribution in [2.75, 3.05) is 26.4 Å². The van der Waals surface area contributed by atoms with Gasteiger partial charge in [0.15, 0.2) is 0 Å². The maximum atomic E-state index is 11.8. The topological polar surface area (TPSA) is 98.3 Å². The number of nitrogens with two attached hydrogens (primary N) is 1. The van der Waals surface area contributed by atoms with Gasteiger partial charge in [-0.25, -0.2) is 14.8 Å². The second-order valence-corrected chi connectivity index (χ2v) is 9.28. The standard InChI is InChI=1S/C27H30N6O2/c1-32(2)27(34)29-14-19-11-21(12-19)33-15-23(24-25(28)30-17-31-26(24)33)20-9-6-10-22(13-20)35-16-18-7-4-3-5-8-18/h3-10,13,15,17,19,21H,11-12,14,16H2,1-2H3,(H,29,34)(H2,28,30,31). The number of urea groups is 1. The van der Waals surface area contributed by atoms with E-state index in [1.54, 1.807) is 19.0 Å². The number of nitrogens with one attached hydrogen (secondary N) is 1. The first-order chi connectivity index (χ1) is 17.0. The summed E-state index contributed by atoms with van der Waals surface area (Å²) in [5, 5.41) is 3.84. The van der Waals surface area contributed by atoms with Gasteiger partial charge in [-0.15, -0.1) is 0 Å². The molecule has 35 heavy (non-hydrogen) atoms. The van der Waals surface area contributed by atoms with Crippen LogP contribution < -0.4 is 15.8 Å². The van der Waals surface area contributed by atoms with E-state index < -0.39 is 0 Å². The number of carbonyl (C=O) groups is 1. The van der Waals surface area contributed by atoms with Gasteiger partial charge < -0.3 is 25.3 Å². The van der Waals surface area contributed by atoms with Gasteiger partial charge in [-0.3, -0.25) is 0 Å². The first-order valence-electron chi connectivity index (χ1n) is 11.8. The van der Waals surface area contributed by atoms with E-state index in [2.05, 4.69) is 32.1 Å². The Hall–Kier alpha value is -4.07. The van der Waals surface area contributed by atoms with Crippen LogP contribution in [0.5, 0.6) is 5.75 Å². The van der Waals surface area contributed by atoms with E-state index in [0.29, 0.717) is 30.9 Å². The van der Waals surface area contributed by atoms with Gasteiger partial charge in [0, 0.05) is 38.4 Å². The Morgan fingerprint density at radius 3 is 2.71 bits per heavy atom. The molecule has 2 heterocycles. The van der Waals surface area contributed by atoms with E-state index in [1.165, 1.54) is 6.33 Å². The quantitative estimate of drug-likeness (QED) is 0.415. The van der Waals surface area contributed by atoms with E-state index in [0.717, 1.165) is 46.3 Å². The number of rotatable bonds is 7. The SMILES string of the molecule is CN(C)C(=O)NCC1CC(n2cc(-c3cccc(OCc4ccccc4)c3)c3c(N)ncnc32)C1. The summed E-state index contributed by atoms with van der Waals surface area (Å²) in [5.74, 6) is 1.70. The van der Waals surface area contributed by atoms with Crippen LogP contribution in [0.3, 0.4) is 0 Å². The highest BCUT2D eigenvalue weighted by atomic mass is 16.5. The van der Waals surface area contributed by atoms with Crippen LogP contribution in [0.15, 0.2) is 67.1 Å². The minimum absolute atomic E-state index is 0.0583. The summed E-state index contributed by atoms with van der Waals surface area (Å²) in [4.78, 5) is 22.2. The second-order valence-electron chi connectivity index (χ2n) is 9.28. The molecule has 2 amide bonds. The molecule has 0 spiro atoms. The van der Waals surface area contributed by atoms with Crippen molar-refractivity contribution in [2.45, 2.75) is 25.5 Å². The van der Waals surface area contributed by atoms with Crippen LogP contribution in [0.1, 0.15) is 24.4 Å². The molecule has 0 unspecified atom stereocenters. The molecule has 0 aliphatic heterocycles. The first-order valence-corrected chi connectivity index (χ1v) is 11.8. The van der Waals surface area contributed by atoms with E-state index in [-0.39, 0.29) is 6.03 Å². The van der Waals surface area contributed by atoms with Crippen molar-refractivity contribution in [1.29, 1.82) is 0 Å². The minimum Gasteiger partial charge on any atom is -0.489 e. The molecule has 0 bridgehead atoms. The molecule has 0 saturated heterocycles. The van der Waals surface area contributed by atoms with Crippen LogP contribution in [0, 0.1) is 5.92 Å². The normalized spacial score (nSPS) is 17.1. The van der Waals surface area contributed by atoms with Crippen molar-refractivity contribution >= 4 is 22.9 Å². The fourth-order valence-electron chi connectivity index (χ4n) is 4.58. The third kappa shape index (κ3) is 4.77. The summed E-state index contributed by atoms with van der Waals surface area (Å²) in [6.45, 7) is 1.18. The van der Waals surface area contributed by atoms with E-state index >= 15 is 0 Å². The lowest BCUT2D eigenvalue weighted by molar-refractivity contribution is 0.184. The summed E-state index contributed by atoms with van der Waals surface area (Å²) in [5.41, 5.74) is 10.3. The minimum atomic E-state index is -0.0583. The Morgan fingerprint density at radius 1 is 1.14 bits per heavy atom. The molecule has 1 fully saturated rings. The molecule has 1 aliphatic carbocycles. The molecule has 1 saturated carbocycles. The number of aromatic nitrogens is 3. The highest BCUT2D eigenvalue weighted by molar-refractivity contribution is 6.00. The zero-order valence-corrected chi connectivity index (χ0v) is 20.0. The lowest BCUT2D eigenvalue weighted by Gasteiger charge is -2.36. The summed E-state index contributed by atoms with van der Waals surface area (Å²) in [7, 11) is 3.50. The number of nitrogen functional groups attached to an aromatic ring is 1. The Labute approximate surface area is 204 Å². The number of hydrogen-bond donors (Lipinski definition) is 2. The van der Waals surface area contributed by atoms with Crippen LogP contribution in [0.4, 0.5) is 10.6 Å². The highest BCUT2D eigenvalue weighted by Crippen LogP contribution is 2.43. The van der Waals surface area contributed by atoms with Crippen LogP contribution in [0.2, 0.25) is 0 Å². The average molecular weight is 471 g/mol.